The normalized spacial score (nSPS) is 19.8. The fourth-order valence-corrected chi connectivity index (χ4v) is 4.02. The van der Waals surface area contributed by atoms with Crippen molar-refractivity contribution in [3.63, 3.8) is 0 Å². The molecule has 1 saturated heterocycles. The number of hydrogen-bond donors (Lipinski definition) is 1. The molecule has 0 atom stereocenters. The first-order chi connectivity index (χ1) is 10.2. The molecule has 3 rings (SSSR count). The molecular weight excluding hydrogens is 288 g/mol. The van der Waals surface area contributed by atoms with Gasteiger partial charge in [-0.05, 0) is 49.9 Å². The molecule has 1 heterocycles. The standard InChI is InChI=1S/C15H22N2O3S/c18-21(19,17-10-1-2-11-17)15-7-5-14(6-8-15)20-12-9-16-13-3-4-13/h5-8,13,16H,1-4,9-12H2. The lowest BCUT2D eigenvalue weighted by molar-refractivity contribution is 0.313. The van der Waals surface area contributed by atoms with Gasteiger partial charge in [0, 0.05) is 25.7 Å². The van der Waals surface area contributed by atoms with Crippen LogP contribution < -0.4 is 10.1 Å². The Morgan fingerprint density at radius 2 is 1.81 bits per heavy atom. The minimum atomic E-state index is -3.32. The van der Waals surface area contributed by atoms with Crippen molar-refractivity contribution in [1.82, 2.24) is 9.62 Å². The first-order valence-corrected chi connectivity index (χ1v) is 9.07. The third kappa shape index (κ3) is 3.75. The van der Waals surface area contributed by atoms with E-state index in [1.165, 1.54) is 12.8 Å². The Morgan fingerprint density at radius 3 is 2.43 bits per heavy atom. The molecule has 0 unspecified atom stereocenters. The van der Waals surface area contributed by atoms with Gasteiger partial charge < -0.3 is 10.1 Å². The van der Waals surface area contributed by atoms with Crippen molar-refractivity contribution in [2.24, 2.45) is 0 Å². The summed E-state index contributed by atoms with van der Waals surface area (Å²) in [5.74, 6) is 0.716. The van der Waals surface area contributed by atoms with Crippen molar-refractivity contribution in [2.75, 3.05) is 26.2 Å². The van der Waals surface area contributed by atoms with E-state index in [2.05, 4.69) is 5.32 Å². The van der Waals surface area contributed by atoms with E-state index >= 15 is 0 Å². The maximum atomic E-state index is 12.4. The molecule has 0 bridgehead atoms. The number of sulfonamides is 1. The van der Waals surface area contributed by atoms with E-state index in [-0.39, 0.29) is 0 Å². The first kappa shape index (κ1) is 14.8. The van der Waals surface area contributed by atoms with E-state index in [1.54, 1.807) is 28.6 Å². The molecule has 0 aromatic heterocycles. The Balaban J connectivity index is 1.55. The predicted octanol–water partition coefficient (Wildman–Crippen LogP) is 1.60. The van der Waals surface area contributed by atoms with Crippen LogP contribution in [0, 0.1) is 0 Å². The Labute approximate surface area is 126 Å². The monoisotopic (exact) mass is 310 g/mol. The molecule has 0 amide bonds. The average molecular weight is 310 g/mol. The van der Waals surface area contributed by atoms with Crippen molar-refractivity contribution >= 4 is 10.0 Å². The molecule has 116 valence electrons. The molecular formula is C15H22N2O3S. The largest absolute Gasteiger partial charge is 0.492 e. The van der Waals surface area contributed by atoms with Crippen molar-refractivity contribution in [3.05, 3.63) is 24.3 Å². The fraction of sp³-hybridized carbons (Fsp3) is 0.600. The molecule has 0 radical (unpaired) electrons. The molecule has 0 spiro atoms. The van der Waals surface area contributed by atoms with E-state index < -0.39 is 10.0 Å². The van der Waals surface area contributed by atoms with E-state index in [1.807, 2.05) is 0 Å². The summed E-state index contributed by atoms with van der Waals surface area (Å²) < 4.78 is 31.9. The van der Waals surface area contributed by atoms with Crippen molar-refractivity contribution in [1.29, 1.82) is 0 Å². The van der Waals surface area contributed by atoms with Crippen LogP contribution in [0.25, 0.3) is 0 Å². The zero-order chi connectivity index (χ0) is 14.7. The minimum Gasteiger partial charge on any atom is -0.492 e. The molecule has 1 aromatic rings. The zero-order valence-electron chi connectivity index (χ0n) is 12.1. The van der Waals surface area contributed by atoms with Crippen LogP contribution in [-0.4, -0.2) is 45.0 Å². The topological polar surface area (TPSA) is 58.6 Å². The van der Waals surface area contributed by atoms with Crippen LogP contribution in [0.4, 0.5) is 0 Å². The van der Waals surface area contributed by atoms with Crippen LogP contribution in [0.1, 0.15) is 25.7 Å². The molecule has 1 aliphatic carbocycles. The van der Waals surface area contributed by atoms with Gasteiger partial charge >= 0.3 is 0 Å². The maximum Gasteiger partial charge on any atom is 0.243 e. The van der Waals surface area contributed by atoms with Crippen molar-refractivity contribution < 1.29 is 13.2 Å². The molecule has 2 aliphatic rings. The zero-order valence-corrected chi connectivity index (χ0v) is 12.9. The number of nitrogens with one attached hydrogen (secondary N) is 1. The van der Waals surface area contributed by atoms with Crippen LogP contribution in [0.2, 0.25) is 0 Å². The van der Waals surface area contributed by atoms with Gasteiger partial charge in [0.2, 0.25) is 10.0 Å². The Morgan fingerprint density at radius 1 is 1.14 bits per heavy atom. The van der Waals surface area contributed by atoms with Crippen LogP contribution in [0.15, 0.2) is 29.2 Å². The van der Waals surface area contributed by atoms with Crippen LogP contribution >= 0.6 is 0 Å². The van der Waals surface area contributed by atoms with E-state index in [9.17, 15) is 8.42 Å². The minimum absolute atomic E-state index is 0.354. The van der Waals surface area contributed by atoms with Crippen molar-refractivity contribution in [3.8, 4) is 5.75 Å². The van der Waals surface area contributed by atoms with Gasteiger partial charge in [-0.3, -0.25) is 0 Å². The summed E-state index contributed by atoms with van der Waals surface area (Å²) in [5.41, 5.74) is 0. The highest BCUT2D eigenvalue weighted by atomic mass is 32.2. The SMILES string of the molecule is O=S(=O)(c1ccc(OCCNC2CC2)cc1)N1CCCC1. The molecule has 2 fully saturated rings. The number of ether oxygens (including phenoxy) is 1. The van der Waals surface area contributed by atoms with Gasteiger partial charge in [-0.2, -0.15) is 4.31 Å². The molecule has 6 heteroatoms. The summed E-state index contributed by atoms with van der Waals surface area (Å²) in [5, 5.41) is 3.37. The molecule has 21 heavy (non-hydrogen) atoms. The first-order valence-electron chi connectivity index (χ1n) is 7.63. The van der Waals surface area contributed by atoms with Gasteiger partial charge in [0.25, 0.3) is 0 Å². The third-order valence-corrected chi connectivity index (χ3v) is 5.82. The van der Waals surface area contributed by atoms with Crippen molar-refractivity contribution in [2.45, 2.75) is 36.6 Å². The van der Waals surface area contributed by atoms with Gasteiger partial charge in [-0.25, -0.2) is 8.42 Å². The quantitative estimate of drug-likeness (QED) is 0.777. The second-order valence-electron chi connectivity index (χ2n) is 5.66. The smallest absolute Gasteiger partial charge is 0.243 e. The van der Waals surface area contributed by atoms with Gasteiger partial charge in [0.05, 0.1) is 4.90 Å². The Bertz CT molecular complexity index is 561. The average Bonchev–Trinajstić information content (AvgIpc) is 3.14. The fourth-order valence-electron chi connectivity index (χ4n) is 2.50. The lowest BCUT2D eigenvalue weighted by atomic mass is 10.3. The van der Waals surface area contributed by atoms with Crippen LogP contribution in [0.3, 0.4) is 0 Å². The molecule has 1 N–H and O–H groups in total. The lowest BCUT2D eigenvalue weighted by Gasteiger charge is -2.15. The highest BCUT2D eigenvalue weighted by Gasteiger charge is 2.26. The van der Waals surface area contributed by atoms with E-state index in [0.717, 1.165) is 19.4 Å². The second kappa shape index (κ2) is 6.34. The molecule has 1 aromatic carbocycles. The van der Waals surface area contributed by atoms with Gasteiger partial charge in [-0.15, -0.1) is 0 Å². The van der Waals surface area contributed by atoms with Crippen LogP contribution in [0.5, 0.6) is 5.75 Å². The Hall–Kier alpha value is -1.11. The molecule has 1 aliphatic heterocycles. The second-order valence-corrected chi connectivity index (χ2v) is 7.60. The summed E-state index contributed by atoms with van der Waals surface area (Å²) in [4.78, 5) is 0.354. The molecule has 1 saturated carbocycles. The number of rotatable bonds is 7. The summed E-state index contributed by atoms with van der Waals surface area (Å²) in [7, 11) is -3.32. The number of benzene rings is 1. The van der Waals surface area contributed by atoms with E-state index in [4.69, 9.17) is 4.74 Å². The van der Waals surface area contributed by atoms with Gasteiger partial charge in [0.15, 0.2) is 0 Å². The predicted molar refractivity (Wildman–Crippen MR) is 81.0 cm³/mol. The summed E-state index contributed by atoms with van der Waals surface area (Å²) in [6.45, 7) is 2.70. The van der Waals surface area contributed by atoms with Crippen LogP contribution in [-0.2, 0) is 10.0 Å². The number of hydrogen-bond acceptors (Lipinski definition) is 4. The highest BCUT2D eigenvalue weighted by Crippen LogP contribution is 2.23. The Kier molecular flexibility index (Phi) is 4.47. The van der Waals surface area contributed by atoms with Gasteiger partial charge in [-0.1, -0.05) is 0 Å². The maximum absolute atomic E-state index is 12.4. The molecule has 5 nitrogen and oxygen atoms in total. The summed E-state index contributed by atoms with van der Waals surface area (Å²) in [6.07, 6.45) is 4.44. The number of nitrogens with zero attached hydrogens (tertiary/aromatic N) is 1. The lowest BCUT2D eigenvalue weighted by Crippen LogP contribution is -2.27. The summed E-state index contributed by atoms with van der Waals surface area (Å²) in [6, 6.07) is 7.43. The summed E-state index contributed by atoms with van der Waals surface area (Å²) >= 11 is 0. The highest BCUT2D eigenvalue weighted by molar-refractivity contribution is 7.89. The van der Waals surface area contributed by atoms with E-state index in [0.29, 0.717) is 36.4 Å². The van der Waals surface area contributed by atoms with Gasteiger partial charge in [0.1, 0.15) is 12.4 Å². The third-order valence-electron chi connectivity index (χ3n) is 3.91.